The van der Waals surface area contributed by atoms with Crippen LogP contribution >= 0.6 is 11.6 Å². The zero-order chi connectivity index (χ0) is 13.5. The molecular weight excluding hydrogens is 252 g/mol. The van der Waals surface area contributed by atoms with Gasteiger partial charge in [-0.1, -0.05) is 18.2 Å². The molecule has 0 aliphatic carbocycles. The zero-order valence-corrected chi connectivity index (χ0v) is 10.9. The summed E-state index contributed by atoms with van der Waals surface area (Å²) in [6.45, 7) is 0. The Labute approximate surface area is 111 Å². The van der Waals surface area contributed by atoms with Crippen LogP contribution in [0.2, 0.25) is 0 Å². The predicted molar refractivity (Wildman–Crippen MR) is 71.3 cm³/mol. The van der Waals surface area contributed by atoms with E-state index in [1.807, 2.05) is 12.1 Å². The van der Waals surface area contributed by atoms with Crippen LogP contribution in [0, 0.1) is 0 Å². The molecule has 4 N–H and O–H groups in total. The maximum absolute atomic E-state index is 11.0. The van der Waals surface area contributed by atoms with E-state index in [-0.39, 0.29) is 24.7 Å². The standard InChI is InChI=1S/C13H17ClN2O2/c14-5-1-2-10-6-9(7-12(15)17)3-4-11(10)8-13(16)18/h3-4,6H,1-2,5,7-8H2,(H2,15,17)(H2,16,18). The lowest BCUT2D eigenvalue weighted by Crippen LogP contribution is -2.16. The van der Waals surface area contributed by atoms with E-state index in [9.17, 15) is 9.59 Å². The van der Waals surface area contributed by atoms with Gasteiger partial charge in [0.25, 0.3) is 0 Å². The number of benzene rings is 1. The molecule has 0 aromatic heterocycles. The second-order valence-electron chi connectivity index (χ2n) is 4.18. The molecular formula is C13H17ClN2O2. The average Bonchev–Trinajstić information content (AvgIpc) is 2.27. The van der Waals surface area contributed by atoms with Gasteiger partial charge in [-0.3, -0.25) is 9.59 Å². The minimum absolute atomic E-state index is 0.199. The van der Waals surface area contributed by atoms with Crippen molar-refractivity contribution < 1.29 is 9.59 Å². The van der Waals surface area contributed by atoms with E-state index < -0.39 is 0 Å². The molecule has 0 spiro atoms. The second-order valence-corrected chi connectivity index (χ2v) is 4.56. The molecule has 1 aromatic rings. The van der Waals surface area contributed by atoms with Crippen LogP contribution in [0.3, 0.4) is 0 Å². The van der Waals surface area contributed by atoms with Gasteiger partial charge in [-0.15, -0.1) is 11.6 Å². The average molecular weight is 269 g/mol. The fourth-order valence-electron chi connectivity index (χ4n) is 1.84. The molecule has 4 nitrogen and oxygen atoms in total. The van der Waals surface area contributed by atoms with Gasteiger partial charge in [-0.05, 0) is 29.5 Å². The van der Waals surface area contributed by atoms with Crippen LogP contribution in [0.25, 0.3) is 0 Å². The van der Waals surface area contributed by atoms with E-state index in [1.165, 1.54) is 0 Å². The Morgan fingerprint density at radius 2 is 1.72 bits per heavy atom. The van der Waals surface area contributed by atoms with E-state index in [4.69, 9.17) is 23.1 Å². The lowest BCUT2D eigenvalue weighted by Gasteiger charge is -2.10. The van der Waals surface area contributed by atoms with E-state index in [0.29, 0.717) is 5.88 Å². The summed E-state index contributed by atoms with van der Waals surface area (Å²) in [5.41, 5.74) is 13.1. The Bertz CT molecular complexity index is 447. The highest BCUT2D eigenvalue weighted by atomic mass is 35.5. The van der Waals surface area contributed by atoms with Crippen LogP contribution in [-0.4, -0.2) is 17.7 Å². The van der Waals surface area contributed by atoms with Crippen molar-refractivity contribution in [3.63, 3.8) is 0 Å². The van der Waals surface area contributed by atoms with Crippen molar-refractivity contribution in [2.45, 2.75) is 25.7 Å². The normalized spacial score (nSPS) is 10.3. The highest BCUT2D eigenvalue weighted by molar-refractivity contribution is 6.17. The summed E-state index contributed by atoms with van der Waals surface area (Å²) in [7, 11) is 0. The molecule has 0 unspecified atom stereocenters. The SMILES string of the molecule is NC(=O)Cc1ccc(CC(N)=O)c(CCCCl)c1. The van der Waals surface area contributed by atoms with E-state index >= 15 is 0 Å². The van der Waals surface area contributed by atoms with Crippen molar-refractivity contribution in [1.29, 1.82) is 0 Å². The van der Waals surface area contributed by atoms with Gasteiger partial charge in [0.2, 0.25) is 11.8 Å². The monoisotopic (exact) mass is 268 g/mol. The first-order valence-electron chi connectivity index (χ1n) is 5.76. The Balaban J connectivity index is 2.95. The fourth-order valence-corrected chi connectivity index (χ4v) is 1.97. The third-order valence-electron chi connectivity index (χ3n) is 2.59. The van der Waals surface area contributed by atoms with Crippen LogP contribution in [0.4, 0.5) is 0 Å². The Morgan fingerprint density at radius 1 is 1.06 bits per heavy atom. The van der Waals surface area contributed by atoms with Gasteiger partial charge < -0.3 is 11.5 Å². The molecule has 0 bridgehead atoms. The van der Waals surface area contributed by atoms with Crippen LogP contribution in [0.5, 0.6) is 0 Å². The Kier molecular flexibility index (Phi) is 5.65. The largest absolute Gasteiger partial charge is 0.369 e. The van der Waals surface area contributed by atoms with Crippen molar-refractivity contribution in [3.05, 3.63) is 34.9 Å². The Hall–Kier alpha value is -1.55. The summed E-state index contributed by atoms with van der Waals surface area (Å²) in [4.78, 5) is 21.9. The number of aryl methyl sites for hydroxylation is 1. The van der Waals surface area contributed by atoms with Crippen molar-refractivity contribution in [1.82, 2.24) is 0 Å². The summed E-state index contributed by atoms with van der Waals surface area (Å²) in [5.74, 6) is -0.193. The van der Waals surface area contributed by atoms with Crippen LogP contribution in [0.1, 0.15) is 23.1 Å². The van der Waals surface area contributed by atoms with Crippen LogP contribution in [-0.2, 0) is 28.9 Å². The van der Waals surface area contributed by atoms with Crippen LogP contribution in [0.15, 0.2) is 18.2 Å². The molecule has 1 rings (SSSR count). The minimum atomic E-state index is -0.374. The molecule has 0 saturated carbocycles. The molecule has 0 aliphatic heterocycles. The Morgan fingerprint density at radius 3 is 2.28 bits per heavy atom. The first-order chi connectivity index (χ1) is 8.52. The number of rotatable bonds is 7. The lowest BCUT2D eigenvalue weighted by molar-refractivity contribution is -0.118. The number of hydrogen-bond donors (Lipinski definition) is 2. The molecule has 0 saturated heterocycles. The number of primary amides is 2. The number of carbonyl (C=O) groups excluding carboxylic acids is 2. The van der Waals surface area contributed by atoms with E-state index in [1.54, 1.807) is 6.07 Å². The highest BCUT2D eigenvalue weighted by Crippen LogP contribution is 2.16. The number of carbonyl (C=O) groups is 2. The van der Waals surface area contributed by atoms with E-state index in [0.717, 1.165) is 29.5 Å². The number of nitrogens with two attached hydrogens (primary N) is 2. The molecule has 5 heteroatoms. The number of amides is 2. The molecule has 0 aliphatic rings. The van der Waals surface area contributed by atoms with Crippen molar-refractivity contribution in [2.75, 3.05) is 5.88 Å². The first-order valence-corrected chi connectivity index (χ1v) is 6.29. The zero-order valence-electron chi connectivity index (χ0n) is 10.1. The fraction of sp³-hybridized carbons (Fsp3) is 0.385. The van der Waals surface area contributed by atoms with Crippen molar-refractivity contribution >= 4 is 23.4 Å². The van der Waals surface area contributed by atoms with Gasteiger partial charge in [0, 0.05) is 5.88 Å². The molecule has 0 fully saturated rings. The summed E-state index contributed by atoms with van der Waals surface area (Å²) >= 11 is 5.67. The quantitative estimate of drug-likeness (QED) is 0.720. The highest BCUT2D eigenvalue weighted by Gasteiger charge is 2.08. The molecule has 18 heavy (non-hydrogen) atoms. The molecule has 0 atom stereocenters. The van der Waals surface area contributed by atoms with Gasteiger partial charge >= 0.3 is 0 Å². The molecule has 0 radical (unpaired) electrons. The molecule has 0 heterocycles. The number of halogens is 1. The predicted octanol–water partition coefficient (Wildman–Crippen LogP) is 0.914. The number of alkyl halides is 1. The van der Waals surface area contributed by atoms with Gasteiger partial charge in [0.1, 0.15) is 0 Å². The van der Waals surface area contributed by atoms with Gasteiger partial charge in [0.15, 0.2) is 0 Å². The summed E-state index contributed by atoms with van der Waals surface area (Å²) in [6, 6.07) is 5.52. The maximum Gasteiger partial charge on any atom is 0.221 e. The van der Waals surface area contributed by atoms with E-state index in [2.05, 4.69) is 0 Å². The maximum atomic E-state index is 11.0. The van der Waals surface area contributed by atoms with Gasteiger partial charge in [0.05, 0.1) is 12.8 Å². The third kappa shape index (κ3) is 4.75. The molecule has 98 valence electrons. The minimum Gasteiger partial charge on any atom is -0.369 e. The van der Waals surface area contributed by atoms with Crippen molar-refractivity contribution in [2.24, 2.45) is 11.5 Å². The lowest BCUT2D eigenvalue weighted by atomic mass is 9.96. The van der Waals surface area contributed by atoms with Gasteiger partial charge in [-0.25, -0.2) is 0 Å². The second kappa shape index (κ2) is 7.01. The van der Waals surface area contributed by atoms with Gasteiger partial charge in [-0.2, -0.15) is 0 Å². The van der Waals surface area contributed by atoms with Crippen molar-refractivity contribution in [3.8, 4) is 0 Å². The van der Waals surface area contributed by atoms with Crippen LogP contribution < -0.4 is 11.5 Å². The molecule has 2 amide bonds. The number of hydrogen-bond acceptors (Lipinski definition) is 2. The smallest absolute Gasteiger partial charge is 0.221 e. The first kappa shape index (κ1) is 14.5. The summed E-state index contributed by atoms with van der Waals surface area (Å²) in [6.07, 6.45) is 1.98. The third-order valence-corrected chi connectivity index (χ3v) is 2.86. The summed E-state index contributed by atoms with van der Waals surface area (Å²) in [5, 5.41) is 0. The summed E-state index contributed by atoms with van der Waals surface area (Å²) < 4.78 is 0. The molecule has 1 aromatic carbocycles. The topological polar surface area (TPSA) is 86.2 Å².